The molecule has 1 nitrogen and oxygen atoms in total. The molecule has 0 bridgehead atoms. The zero-order valence-electron chi connectivity index (χ0n) is 8.98. The molecule has 90 valence electrons. The van der Waals surface area contributed by atoms with E-state index in [1.807, 2.05) is 13.0 Å². The lowest BCUT2D eigenvalue weighted by atomic mass is 10.1. The molecule has 0 aliphatic rings. The van der Waals surface area contributed by atoms with E-state index in [1.165, 1.54) is 6.07 Å². The topological polar surface area (TPSA) is 12.9 Å². The first-order valence-corrected chi connectivity index (χ1v) is 6.26. The van der Waals surface area contributed by atoms with Crippen molar-refractivity contribution in [2.24, 2.45) is 0 Å². The third kappa shape index (κ3) is 2.43. The van der Waals surface area contributed by atoms with Crippen LogP contribution in [0, 0.1) is 0 Å². The van der Waals surface area contributed by atoms with Gasteiger partial charge in [0.1, 0.15) is 5.69 Å². The van der Waals surface area contributed by atoms with Crippen LogP contribution >= 0.6 is 27.5 Å². The second kappa shape index (κ2) is 4.86. The Morgan fingerprint density at radius 1 is 1.35 bits per heavy atom. The molecule has 2 rings (SSSR count). The number of benzene rings is 1. The number of hydrogen-bond acceptors (Lipinski definition) is 1. The van der Waals surface area contributed by atoms with Gasteiger partial charge < -0.3 is 0 Å². The van der Waals surface area contributed by atoms with E-state index in [4.69, 9.17) is 11.6 Å². The van der Waals surface area contributed by atoms with Gasteiger partial charge in [-0.3, -0.25) is 0 Å². The highest BCUT2D eigenvalue weighted by molar-refractivity contribution is 9.10. The van der Waals surface area contributed by atoms with Crippen molar-refractivity contribution in [1.29, 1.82) is 0 Å². The fourth-order valence-electron chi connectivity index (χ4n) is 1.72. The molecular weight excluding hydrogens is 311 g/mol. The molecule has 5 heteroatoms. The molecule has 1 aromatic carbocycles. The van der Waals surface area contributed by atoms with Gasteiger partial charge >= 0.3 is 0 Å². The largest absolute Gasteiger partial charge is 0.280 e. The first-order valence-electron chi connectivity index (χ1n) is 5.09. The maximum absolute atomic E-state index is 12.7. The molecule has 0 saturated heterocycles. The first kappa shape index (κ1) is 12.7. The van der Waals surface area contributed by atoms with Gasteiger partial charge in [-0.2, -0.15) is 0 Å². The summed E-state index contributed by atoms with van der Waals surface area (Å²) in [6, 6.07) is 4.89. The van der Waals surface area contributed by atoms with Crippen molar-refractivity contribution >= 4 is 38.4 Å². The van der Waals surface area contributed by atoms with Crippen molar-refractivity contribution in [3.05, 3.63) is 39.0 Å². The summed E-state index contributed by atoms with van der Waals surface area (Å²) in [6.07, 6.45) is -1.89. The Labute approximate surface area is 111 Å². The Hall–Kier alpha value is -0.740. The molecule has 0 aliphatic carbocycles. The number of alkyl halides is 2. The van der Waals surface area contributed by atoms with Crippen molar-refractivity contribution in [1.82, 2.24) is 4.98 Å². The Bertz CT molecular complexity index is 572. The molecule has 1 heterocycles. The summed E-state index contributed by atoms with van der Waals surface area (Å²) in [4.78, 5) is 3.99. The molecule has 0 fully saturated rings. The second-order valence-electron chi connectivity index (χ2n) is 3.64. The normalized spacial score (nSPS) is 11.4. The van der Waals surface area contributed by atoms with Gasteiger partial charge in [0.2, 0.25) is 0 Å². The lowest BCUT2D eigenvalue weighted by Gasteiger charge is -2.09. The van der Waals surface area contributed by atoms with E-state index in [1.54, 1.807) is 6.07 Å². The molecule has 0 N–H and O–H groups in total. The highest BCUT2D eigenvalue weighted by atomic mass is 79.9. The van der Waals surface area contributed by atoms with Gasteiger partial charge in [0.05, 0.1) is 10.5 Å². The van der Waals surface area contributed by atoms with Crippen LogP contribution in [0.5, 0.6) is 0 Å². The molecule has 0 saturated carbocycles. The standard InChI is InChI=1S/C12H9BrClF2N/c1-2-6-3-7(13)4-8-9(14)5-10(12(15)16)17-11(6)8/h3-5,12H,2H2,1H3. The molecule has 2 aromatic rings. The van der Waals surface area contributed by atoms with Crippen LogP contribution in [0.2, 0.25) is 5.02 Å². The third-order valence-corrected chi connectivity index (χ3v) is 3.30. The van der Waals surface area contributed by atoms with E-state index in [0.717, 1.165) is 10.0 Å². The predicted molar refractivity (Wildman–Crippen MR) is 68.8 cm³/mol. The van der Waals surface area contributed by atoms with Crippen molar-refractivity contribution in [2.75, 3.05) is 0 Å². The number of nitrogens with zero attached hydrogens (tertiary/aromatic N) is 1. The molecule has 17 heavy (non-hydrogen) atoms. The van der Waals surface area contributed by atoms with Gasteiger partial charge in [-0.1, -0.05) is 34.5 Å². The quantitative estimate of drug-likeness (QED) is 0.745. The number of pyridine rings is 1. The second-order valence-corrected chi connectivity index (χ2v) is 4.97. The minimum Gasteiger partial charge on any atom is -0.246 e. The van der Waals surface area contributed by atoms with Gasteiger partial charge in [-0.15, -0.1) is 0 Å². The van der Waals surface area contributed by atoms with Crippen LogP contribution in [0.25, 0.3) is 10.9 Å². The Balaban J connectivity index is 2.81. The van der Waals surface area contributed by atoms with Crippen molar-refractivity contribution in [3.8, 4) is 0 Å². The fourth-order valence-corrected chi connectivity index (χ4v) is 2.48. The highest BCUT2D eigenvalue weighted by Gasteiger charge is 2.14. The Morgan fingerprint density at radius 3 is 2.65 bits per heavy atom. The zero-order valence-corrected chi connectivity index (χ0v) is 11.3. The molecule has 0 aliphatic heterocycles. The summed E-state index contributed by atoms with van der Waals surface area (Å²) in [7, 11) is 0. The number of hydrogen-bond donors (Lipinski definition) is 0. The van der Waals surface area contributed by atoms with Crippen LogP contribution in [0.1, 0.15) is 24.6 Å². The van der Waals surface area contributed by atoms with Gasteiger partial charge in [0.25, 0.3) is 6.43 Å². The van der Waals surface area contributed by atoms with Gasteiger partial charge in [0, 0.05) is 9.86 Å². The minimum atomic E-state index is -2.61. The van der Waals surface area contributed by atoms with Gasteiger partial charge in [0.15, 0.2) is 0 Å². The zero-order chi connectivity index (χ0) is 12.6. The van der Waals surface area contributed by atoms with Crippen LogP contribution < -0.4 is 0 Å². The summed E-state index contributed by atoms with van der Waals surface area (Å²) < 4.78 is 26.2. The van der Waals surface area contributed by atoms with E-state index >= 15 is 0 Å². The number of fused-ring (bicyclic) bond motifs is 1. The fraction of sp³-hybridized carbons (Fsp3) is 0.250. The summed E-state index contributed by atoms with van der Waals surface area (Å²) in [5.74, 6) is 0. The maximum Gasteiger partial charge on any atom is 0.280 e. The number of rotatable bonds is 2. The van der Waals surface area contributed by atoms with Crippen LogP contribution in [0.15, 0.2) is 22.7 Å². The van der Waals surface area contributed by atoms with E-state index in [9.17, 15) is 8.78 Å². The SMILES string of the molecule is CCc1cc(Br)cc2c(Cl)cc(C(F)F)nc12. The minimum absolute atomic E-state index is 0.278. The van der Waals surface area contributed by atoms with Crippen LogP contribution in [0.3, 0.4) is 0 Å². The third-order valence-electron chi connectivity index (χ3n) is 2.53. The van der Waals surface area contributed by atoms with E-state index < -0.39 is 6.43 Å². The van der Waals surface area contributed by atoms with Crippen LogP contribution in [-0.2, 0) is 6.42 Å². The smallest absolute Gasteiger partial charge is 0.246 e. The molecular formula is C12H9BrClF2N. The maximum atomic E-state index is 12.7. The van der Waals surface area contributed by atoms with Crippen LogP contribution in [-0.4, -0.2) is 4.98 Å². The number of aryl methyl sites for hydroxylation is 1. The molecule has 0 unspecified atom stereocenters. The van der Waals surface area contributed by atoms with Crippen LogP contribution in [0.4, 0.5) is 8.78 Å². The summed E-state index contributed by atoms with van der Waals surface area (Å²) in [5.41, 5.74) is 1.18. The molecule has 0 amide bonds. The summed E-state index contributed by atoms with van der Waals surface area (Å²) >= 11 is 9.38. The average Bonchev–Trinajstić information content (AvgIpc) is 2.28. The predicted octanol–water partition coefficient (Wildman–Crippen LogP) is 5.15. The van der Waals surface area contributed by atoms with E-state index in [-0.39, 0.29) is 5.69 Å². The average molecular weight is 321 g/mol. The first-order chi connectivity index (χ1) is 8.02. The van der Waals surface area contributed by atoms with Crippen molar-refractivity contribution in [2.45, 2.75) is 19.8 Å². The number of aromatic nitrogens is 1. The lowest BCUT2D eigenvalue weighted by molar-refractivity contribution is 0.146. The Morgan fingerprint density at radius 2 is 2.06 bits per heavy atom. The molecule has 0 spiro atoms. The van der Waals surface area contributed by atoms with Crippen molar-refractivity contribution < 1.29 is 8.78 Å². The van der Waals surface area contributed by atoms with Gasteiger partial charge in [-0.25, -0.2) is 13.8 Å². The Kier molecular flexibility index (Phi) is 3.64. The van der Waals surface area contributed by atoms with E-state index in [0.29, 0.717) is 22.3 Å². The molecule has 0 atom stereocenters. The number of halogens is 4. The molecule has 0 radical (unpaired) electrons. The molecule has 1 aromatic heterocycles. The lowest BCUT2D eigenvalue weighted by Crippen LogP contribution is -1.95. The van der Waals surface area contributed by atoms with E-state index in [2.05, 4.69) is 20.9 Å². The van der Waals surface area contributed by atoms with Gasteiger partial charge in [-0.05, 0) is 30.2 Å². The monoisotopic (exact) mass is 319 g/mol. The highest BCUT2D eigenvalue weighted by Crippen LogP contribution is 2.31. The van der Waals surface area contributed by atoms with Crippen molar-refractivity contribution in [3.63, 3.8) is 0 Å². The summed E-state index contributed by atoms with van der Waals surface area (Å²) in [5, 5.41) is 1.00. The summed E-state index contributed by atoms with van der Waals surface area (Å²) in [6.45, 7) is 1.95.